The molecule has 40 heavy (non-hydrogen) atoms. The molecule has 3 heterocycles. The molecule has 2 aliphatic rings. The highest BCUT2D eigenvalue weighted by Gasteiger charge is 2.71. The van der Waals surface area contributed by atoms with Gasteiger partial charge in [0.2, 0.25) is 0 Å². The fourth-order valence-corrected chi connectivity index (χ4v) is 7.34. The number of sulfone groups is 1. The van der Waals surface area contributed by atoms with Crippen LogP contribution in [-0.2, 0) is 28.9 Å². The van der Waals surface area contributed by atoms with Crippen LogP contribution in [0.1, 0.15) is 36.8 Å². The summed E-state index contributed by atoms with van der Waals surface area (Å²) in [6.45, 7) is 2.34. The lowest BCUT2D eigenvalue weighted by Gasteiger charge is -2.40. The molecule has 2 amide bonds. The molecule has 0 spiro atoms. The molecule has 3 aromatic rings. The third-order valence-electron chi connectivity index (χ3n) is 7.25. The molecule has 10 nitrogen and oxygen atoms in total. The quantitative estimate of drug-likeness (QED) is 0.263. The van der Waals surface area contributed by atoms with Gasteiger partial charge < -0.3 is 20.1 Å². The maximum atomic E-state index is 13.9. The van der Waals surface area contributed by atoms with Crippen molar-refractivity contribution < 1.29 is 32.3 Å². The van der Waals surface area contributed by atoms with E-state index in [1.807, 2.05) is 36.4 Å². The Morgan fingerprint density at radius 1 is 0.975 bits per heavy atom. The molecule has 2 aromatic carbocycles. The summed E-state index contributed by atoms with van der Waals surface area (Å²) in [5.74, 6) is -1.54. The van der Waals surface area contributed by atoms with Crippen molar-refractivity contribution in [1.82, 2.24) is 9.88 Å². The number of amides is 2. The van der Waals surface area contributed by atoms with Gasteiger partial charge in [0.15, 0.2) is 27.4 Å². The second-order valence-electron chi connectivity index (χ2n) is 9.97. The lowest BCUT2D eigenvalue weighted by molar-refractivity contribution is -0.160. The number of hydrogen-bond donors (Lipinski definition) is 1. The summed E-state index contributed by atoms with van der Waals surface area (Å²) in [7, 11) is -4.15. The predicted octanol–water partition coefficient (Wildman–Crippen LogP) is 3.01. The van der Waals surface area contributed by atoms with Crippen molar-refractivity contribution in [2.75, 3.05) is 6.61 Å². The lowest BCUT2D eigenvalue weighted by atomic mass is 9.91. The smallest absolute Gasteiger partial charge is 0.404 e. The number of carbonyl (C=O) groups is 3. The second-order valence-corrected chi connectivity index (χ2v) is 12.6. The molecular formula is C29H27N3O7S. The van der Waals surface area contributed by atoms with Crippen molar-refractivity contribution in [3.8, 4) is 0 Å². The van der Waals surface area contributed by atoms with E-state index < -0.39 is 56.7 Å². The number of fused-ring (bicyclic) bond motifs is 1. The van der Waals surface area contributed by atoms with Crippen molar-refractivity contribution in [3.63, 3.8) is 0 Å². The minimum atomic E-state index is -4.15. The summed E-state index contributed by atoms with van der Waals surface area (Å²) in [5.41, 5.74) is 6.75. The summed E-state index contributed by atoms with van der Waals surface area (Å²) in [5, 5.41) is -1.45. The first-order chi connectivity index (χ1) is 19.1. The summed E-state index contributed by atoms with van der Waals surface area (Å²) < 4.78 is 37.0. The summed E-state index contributed by atoms with van der Waals surface area (Å²) >= 11 is 0. The van der Waals surface area contributed by atoms with E-state index in [0.29, 0.717) is 11.1 Å². The van der Waals surface area contributed by atoms with Crippen LogP contribution in [-0.4, -0.2) is 59.0 Å². The number of nitrogens with two attached hydrogens (primary N) is 1. The van der Waals surface area contributed by atoms with Crippen molar-refractivity contribution in [2.45, 2.75) is 36.1 Å². The number of hydrogen-bond acceptors (Lipinski definition) is 8. The Kier molecular flexibility index (Phi) is 6.92. The molecule has 0 aliphatic carbocycles. The maximum Gasteiger partial charge on any atom is 0.404 e. The lowest BCUT2D eigenvalue weighted by Crippen LogP contribution is -2.59. The number of pyridine rings is 1. The third-order valence-corrected chi connectivity index (χ3v) is 9.99. The van der Waals surface area contributed by atoms with Gasteiger partial charge in [-0.2, -0.15) is 0 Å². The van der Waals surface area contributed by atoms with Crippen LogP contribution < -0.4 is 5.73 Å². The highest BCUT2D eigenvalue weighted by atomic mass is 32.2. The maximum absolute atomic E-state index is 13.9. The molecule has 2 atom stereocenters. The van der Waals surface area contributed by atoms with Crippen LogP contribution in [0.5, 0.6) is 0 Å². The Hall–Kier alpha value is -4.51. The third kappa shape index (κ3) is 4.41. The highest BCUT2D eigenvalue weighted by Crippen LogP contribution is 2.51. The zero-order valence-corrected chi connectivity index (χ0v) is 22.6. The van der Waals surface area contributed by atoms with Gasteiger partial charge in [0, 0.05) is 11.8 Å². The fraction of sp³-hybridized carbons (Fsp3) is 0.241. The van der Waals surface area contributed by atoms with E-state index in [0.717, 1.165) is 4.90 Å². The Bertz CT molecular complexity index is 1550. The number of carbonyl (C=O) groups excluding carboxylic acids is 3. The van der Waals surface area contributed by atoms with Crippen LogP contribution in [0.15, 0.2) is 90.6 Å². The van der Waals surface area contributed by atoms with Crippen LogP contribution in [0, 0.1) is 0 Å². The van der Waals surface area contributed by atoms with Gasteiger partial charge in [0.05, 0.1) is 11.3 Å². The topological polar surface area (TPSA) is 146 Å². The number of ether oxygens (including phenoxy) is 2. The molecule has 206 valence electrons. The molecule has 0 unspecified atom stereocenters. The minimum absolute atomic E-state index is 0.102. The van der Waals surface area contributed by atoms with Gasteiger partial charge in [-0.05, 0) is 37.1 Å². The number of nitrogens with zero attached hydrogens (tertiary/aromatic N) is 2. The highest BCUT2D eigenvalue weighted by molar-refractivity contribution is 7.94. The van der Waals surface area contributed by atoms with Crippen LogP contribution >= 0.6 is 0 Å². The van der Waals surface area contributed by atoms with E-state index in [1.54, 1.807) is 42.5 Å². The number of β-lactam (4-membered cyclic amide) rings is 1. The van der Waals surface area contributed by atoms with E-state index in [1.165, 1.54) is 20.0 Å². The number of rotatable bonds is 7. The summed E-state index contributed by atoms with van der Waals surface area (Å²) in [6, 6.07) is 21.5. The number of primary amides is 1. The number of benzene rings is 2. The van der Waals surface area contributed by atoms with E-state index in [2.05, 4.69) is 4.98 Å². The Morgan fingerprint density at radius 2 is 1.55 bits per heavy atom. The average Bonchev–Trinajstić information content (AvgIpc) is 3.09. The van der Waals surface area contributed by atoms with Gasteiger partial charge in [-0.15, -0.1) is 0 Å². The van der Waals surface area contributed by atoms with Crippen LogP contribution in [0.3, 0.4) is 0 Å². The van der Waals surface area contributed by atoms with Crippen molar-refractivity contribution >= 4 is 33.4 Å². The van der Waals surface area contributed by atoms with Crippen molar-refractivity contribution in [2.24, 2.45) is 5.73 Å². The first-order valence-corrected chi connectivity index (χ1v) is 14.0. The predicted molar refractivity (Wildman–Crippen MR) is 145 cm³/mol. The molecule has 5 rings (SSSR count). The number of aromatic nitrogens is 1. The zero-order valence-electron chi connectivity index (χ0n) is 21.8. The van der Waals surface area contributed by atoms with Crippen LogP contribution in [0.25, 0.3) is 5.57 Å². The molecular weight excluding hydrogens is 534 g/mol. The second kappa shape index (κ2) is 10.2. The monoisotopic (exact) mass is 561 g/mol. The Labute approximate surface area is 231 Å². The average molecular weight is 562 g/mol. The van der Waals surface area contributed by atoms with Crippen molar-refractivity contribution in [1.29, 1.82) is 0 Å². The molecule has 0 radical (unpaired) electrons. The normalized spacial score (nSPS) is 21.8. The standard InChI is InChI=1S/C29H27N3O7S/c1-29(2)24(27(34)39-23(18-11-5-3-6-12-18)19-13-7-4-8-14-19)32-25(33)22(26(32)40(29,36)37)20(17-38-28(30)35)21-15-9-10-16-31-21/h3-16,23-24,26H,17H2,1-2H3,(H2,30,35)/t24-,26+/m0/s1. The van der Waals surface area contributed by atoms with Gasteiger partial charge in [0.25, 0.3) is 5.91 Å². The van der Waals surface area contributed by atoms with E-state index in [4.69, 9.17) is 15.2 Å². The molecule has 2 fully saturated rings. The van der Waals surface area contributed by atoms with Gasteiger partial charge >= 0.3 is 12.1 Å². The minimum Gasteiger partial charge on any atom is -0.451 e. The Balaban J connectivity index is 1.55. The van der Waals surface area contributed by atoms with Crippen LogP contribution in [0.4, 0.5) is 4.79 Å². The summed E-state index contributed by atoms with van der Waals surface area (Å²) in [4.78, 5) is 44.0. The van der Waals surface area contributed by atoms with Crippen LogP contribution in [0.2, 0.25) is 0 Å². The number of esters is 1. The largest absolute Gasteiger partial charge is 0.451 e. The molecule has 0 bridgehead atoms. The van der Waals surface area contributed by atoms with Gasteiger partial charge in [-0.25, -0.2) is 18.0 Å². The van der Waals surface area contributed by atoms with E-state index >= 15 is 0 Å². The Morgan fingerprint density at radius 3 is 2.08 bits per heavy atom. The van der Waals surface area contributed by atoms with Gasteiger partial charge in [0.1, 0.15) is 11.4 Å². The zero-order chi connectivity index (χ0) is 28.7. The van der Waals surface area contributed by atoms with Gasteiger partial charge in [-0.1, -0.05) is 66.7 Å². The van der Waals surface area contributed by atoms with E-state index in [-0.39, 0.29) is 16.8 Å². The molecule has 2 aliphatic heterocycles. The molecule has 11 heteroatoms. The molecule has 2 N–H and O–H groups in total. The van der Waals surface area contributed by atoms with Crippen molar-refractivity contribution in [3.05, 3.63) is 107 Å². The first-order valence-electron chi connectivity index (χ1n) is 12.5. The molecule has 0 saturated carbocycles. The summed E-state index contributed by atoms with van der Waals surface area (Å²) in [6.07, 6.45) is -0.463. The van der Waals surface area contributed by atoms with Gasteiger partial charge in [-0.3, -0.25) is 9.78 Å². The SMILES string of the molecule is CC1(C)[C@H](C(=O)OC(c2ccccc2)c2ccccc2)N2C(=O)C(=C(COC(N)=O)c3ccccn3)[C@H]2S1(=O)=O. The fourth-order valence-electron chi connectivity index (χ4n) is 5.17. The first kappa shape index (κ1) is 27.1. The molecule has 2 saturated heterocycles. The van der Waals surface area contributed by atoms with E-state index in [9.17, 15) is 22.8 Å². The molecule has 1 aromatic heterocycles.